The molecule has 12 heteroatoms. The Balaban J connectivity index is 1.70. The van der Waals surface area contributed by atoms with Gasteiger partial charge in [0.15, 0.2) is 17.1 Å². The monoisotopic (exact) mass is 457 g/mol. The summed E-state index contributed by atoms with van der Waals surface area (Å²) in [5.41, 5.74) is 5.66. The summed E-state index contributed by atoms with van der Waals surface area (Å²) >= 11 is 0. The first-order valence-corrected chi connectivity index (χ1v) is 9.55. The van der Waals surface area contributed by atoms with Crippen molar-refractivity contribution in [2.24, 2.45) is 0 Å². The fourth-order valence-corrected chi connectivity index (χ4v) is 3.12. The number of fused-ring (bicyclic) bond motifs is 1. The molecule has 9 nitrogen and oxygen atoms in total. The third-order valence-corrected chi connectivity index (χ3v) is 4.82. The summed E-state index contributed by atoms with van der Waals surface area (Å²) in [6, 6.07) is 11.4. The highest BCUT2D eigenvalue weighted by molar-refractivity contribution is 6.04. The molecule has 0 saturated heterocycles. The molecule has 0 fully saturated rings. The number of rotatable bonds is 4. The third-order valence-electron chi connectivity index (χ3n) is 4.82. The van der Waals surface area contributed by atoms with Crippen LogP contribution in [0.1, 0.15) is 21.7 Å². The van der Waals surface area contributed by atoms with Crippen LogP contribution < -0.4 is 11.1 Å². The second-order valence-corrected chi connectivity index (χ2v) is 7.35. The number of nitrogens with zero attached hydrogens (tertiary/aromatic N) is 4. The second-order valence-electron chi connectivity index (χ2n) is 7.35. The lowest BCUT2D eigenvalue weighted by atomic mass is 10.1. The van der Waals surface area contributed by atoms with Crippen molar-refractivity contribution in [3.8, 4) is 5.69 Å². The van der Waals surface area contributed by atoms with Crippen LogP contribution >= 0.6 is 0 Å². The number of halogens is 3. The Bertz CT molecular complexity index is 1350. The SMILES string of the molecule is CN(C)C(=N)c1ccc(NC(=O)c2cc(C(F)(F)F)nn2-c2ccc3onc(N)c3c2)cc1. The molecule has 0 bridgehead atoms. The van der Waals surface area contributed by atoms with Gasteiger partial charge in [0.25, 0.3) is 5.91 Å². The fourth-order valence-electron chi connectivity index (χ4n) is 3.12. The predicted molar refractivity (Wildman–Crippen MR) is 115 cm³/mol. The van der Waals surface area contributed by atoms with Crippen LogP contribution in [0.5, 0.6) is 0 Å². The lowest BCUT2D eigenvalue weighted by Gasteiger charge is -2.14. The van der Waals surface area contributed by atoms with Gasteiger partial charge in [0.2, 0.25) is 0 Å². The van der Waals surface area contributed by atoms with Gasteiger partial charge in [-0.05, 0) is 42.5 Å². The van der Waals surface area contributed by atoms with Crippen molar-refractivity contribution in [3.05, 3.63) is 65.5 Å². The third kappa shape index (κ3) is 4.22. The molecular weight excluding hydrogens is 439 g/mol. The van der Waals surface area contributed by atoms with Gasteiger partial charge >= 0.3 is 6.18 Å². The van der Waals surface area contributed by atoms with Gasteiger partial charge in [-0.1, -0.05) is 5.16 Å². The number of amides is 1. The molecule has 1 amide bonds. The first kappa shape index (κ1) is 21.9. The van der Waals surface area contributed by atoms with E-state index < -0.39 is 17.8 Å². The minimum Gasteiger partial charge on any atom is -0.380 e. The highest BCUT2D eigenvalue weighted by Gasteiger charge is 2.36. The van der Waals surface area contributed by atoms with E-state index in [1.165, 1.54) is 18.2 Å². The topological polar surface area (TPSA) is 126 Å². The zero-order chi connectivity index (χ0) is 23.9. The van der Waals surface area contributed by atoms with Crippen LogP contribution in [0.4, 0.5) is 24.7 Å². The molecule has 0 spiro atoms. The summed E-state index contributed by atoms with van der Waals surface area (Å²) in [5.74, 6) is -0.472. The number of hydrogen-bond acceptors (Lipinski definition) is 6. The summed E-state index contributed by atoms with van der Waals surface area (Å²) < 4.78 is 46.0. The Kier molecular flexibility index (Phi) is 5.28. The van der Waals surface area contributed by atoms with Gasteiger partial charge in [-0.2, -0.15) is 18.3 Å². The molecule has 4 rings (SSSR count). The number of benzene rings is 2. The van der Waals surface area contributed by atoms with Crippen molar-refractivity contribution >= 4 is 34.2 Å². The molecule has 170 valence electrons. The Morgan fingerprint density at radius 3 is 2.48 bits per heavy atom. The normalized spacial score (nSPS) is 11.5. The van der Waals surface area contributed by atoms with Crippen molar-refractivity contribution < 1.29 is 22.5 Å². The van der Waals surface area contributed by atoms with E-state index in [1.807, 2.05) is 0 Å². The molecule has 2 aromatic carbocycles. The first-order valence-electron chi connectivity index (χ1n) is 9.55. The highest BCUT2D eigenvalue weighted by Crippen LogP contribution is 2.31. The van der Waals surface area contributed by atoms with Crippen molar-refractivity contribution in [2.45, 2.75) is 6.18 Å². The maximum atomic E-state index is 13.4. The van der Waals surface area contributed by atoms with E-state index in [1.54, 1.807) is 43.3 Å². The van der Waals surface area contributed by atoms with E-state index in [-0.39, 0.29) is 23.0 Å². The lowest BCUT2D eigenvalue weighted by Crippen LogP contribution is -2.21. The average Bonchev–Trinajstić information content (AvgIpc) is 3.38. The van der Waals surface area contributed by atoms with Crippen LogP contribution in [0.2, 0.25) is 0 Å². The Morgan fingerprint density at radius 2 is 1.85 bits per heavy atom. The van der Waals surface area contributed by atoms with Crippen molar-refractivity contribution in [1.82, 2.24) is 19.8 Å². The summed E-state index contributed by atoms with van der Waals surface area (Å²) in [6.45, 7) is 0. The molecule has 0 radical (unpaired) electrons. The van der Waals surface area contributed by atoms with Gasteiger partial charge in [-0.15, -0.1) is 0 Å². The van der Waals surface area contributed by atoms with Crippen LogP contribution in [0, 0.1) is 5.41 Å². The molecule has 0 aliphatic heterocycles. The number of carbonyl (C=O) groups excluding carboxylic acids is 1. The van der Waals surface area contributed by atoms with Gasteiger partial charge in [-0.25, -0.2) is 4.68 Å². The molecule has 0 atom stereocenters. The van der Waals surface area contributed by atoms with E-state index in [0.29, 0.717) is 28.3 Å². The van der Waals surface area contributed by atoms with Gasteiger partial charge in [0.05, 0.1) is 11.1 Å². The number of aromatic nitrogens is 3. The number of nitrogens with two attached hydrogens (primary N) is 1. The number of nitrogen functional groups attached to an aromatic ring is 1. The van der Waals surface area contributed by atoms with E-state index in [2.05, 4.69) is 15.6 Å². The summed E-state index contributed by atoms with van der Waals surface area (Å²) in [7, 11) is 3.45. The lowest BCUT2D eigenvalue weighted by molar-refractivity contribution is -0.141. The molecule has 4 aromatic rings. The maximum absolute atomic E-state index is 13.4. The number of alkyl halides is 3. The molecular formula is C21H18F3N7O2. The van der Waals surface area contributed by atoms with Crippen molar-refractivity contribution in [2.75, 3.05) is 25.1 Å². The molecule has 0 unspecified atom stereocenters. The predicted octanol–water partition coefficient (Wildman–Crippen LogP) is 3.75. The van der Waals surface area contributed by atoms with Gasteiger partial charge < -0.3 is 20.5 Å². The Morgan fingerprint density at radius 1 is 1.15 bits per heavy atom. The van der Waals surface area contributed by atoms with Crippen LogP contribution in [-0.2, 0) is 6.18 Å². The number of nitrogens with one attached hydrogen (secondary N) is 2. The highest BCUT2D eigenvalue weighted by atomic mass is 19.4. The largest absolute Gasteiger partial charge is 0.435 e. The van der Waals surface area contributed by atoms with E-state index in [4.69, 9.17) is 15.7 Å². The Hall–Kier alpha value is -4.35. The number of amidine groups is 1. The zero-order valence-corrected chi connectivity index (χ0v) is 17.4. The van der Waals surface area contributed by atoms with Crippen LogP contribution in [-0.4, -0.2) is 45.7 Å². The van der Waals surface area contributed by atoms with Crippen LogP contribution in [0.25, 0.3) is 16.7 Å². The molecule has 2 heterocycles. The quantitative estimate of drug-likeness (QED) is 0.317. The second kappa shape index (κ2) is 7.97. The molecule has 0 aliphatic rings. The van der Waals surface area contributed by atoms with Crippen LogP contribution in [0.3, 0.4) is 0 Å². The molecule has 4 N–H and O–H groups in total. The Labute approximate surface area is 185 Å². The fraction of sp³-hybridized carbons (Fsp3) is 0.143. The van der Waals surface area contributed by atoms with Gasteiger partial charge in [0.1, 0.15) is 11.5 Å². The van der Waals surface area contributed by atoms with E-state index in [9.17, 15) is 18.0 Å². The minimum atomic E-state index is -4.76. The molecule has 33 heavy (non-hydrogen) atoms. The first-order chi connectivity index (χ1) is 15.5. The summed E-state index contributed by atoms with van der Waals surface area (Å²) in [4.78, 5) is 14.5. The van der Waals surface area contributed by atoms with Gasteiger partial charge in [-0.3, -0.25) is 10.2 Å². The van der Waals surface area contributed by atoms with E-state index >= 15 is 0 Å². The van der Waals surface area contributed by atoms with Crippen molar-refractivity contribution in [3.63, 3.8) is 0 Å². The minimum absolute atomic E-state index is 0.0597. The van der Waals surface area contributed by atoms with Crippen molar-refractivity contribution in [1.29, 1.82) is 5.41 Å². The summed E-state index contributed by atoms with van der Waals surface area (Å²) in [5, 5.41) is 18.1. The molecule has 0 saturated carbocycles. The maximum Gasteiger partial charge on any atom is 0.435 e. The van der Waals surface area contributed by atoms with E-state index in [0.717, 1.165) is 4.68 Å². The van der Waals surface area contributed by atoms with Crippen LogP contribution in [0.15, 0.2) is 53.1 Å². The summed E-state index contributed by atoms with van der Waals surface area (Å²) in [6.07, 6.45) is -4.76. The molecule has 0 aliphatic carbocycles. The van der Waals surface area contributed by atoms with Gasteiger partial charge in [0, 0.05) is 31.4 Å². The molecule has 2 aromatic heterocycles. The number of anilines is 2. The number of carbonyl (C=O) groups is 1. The zero-order valence-electron chi connectivity index (χ0n) is 17.4. The number of hydrogen-bond donors (Lipinski definition) is 3. The average molecular weight is 457 g/mol. The standard InChI is InChI=1S/C21H18F3N7O2/c1-30(2)19(26)11-3-5-12(6-4-11)27-20(32)15-10-17(21(22,23)24)28-31(15)13-7-8-16-14(9-13)18(25)29-33-16/h3-10,26H,1-2H3,(H2,25,29)(H,27,32). The smallest absolute Gasteiger partial charge is 0.380 e.